The van der Waals surface area contributed by atoms with Gasteiger partial charge in [-0.05, 0) is 36.6 Å². The van der Waals surface area contributed by atoms with E-state index >= 15 is 0 Å². The average Bonchev–Trinajstić information content (AvgIpc) is 2.69. The van der Waals surface area contributed by atoms with Crippen LogP contribution in [0.1, 0.15) is 18.4 Å². The zero-order chi connectivity index (χ0) is 17.8. The second-order valence-corrected chi connectivity index (χ2v) is 6.56. The van der Waals surface area contributed by atoms with Crippen molar-refractivity contribution in [2.24, 2.45) is 0 Å². The molecule has 136 valence electrons. The van der Waals surface area contributed by atoms with Gasteiger partial charge in [0.25, 0.3) is 0 Å². The van der Waals surface area contributed by atoms with Gasteiger partial charge in [0.05, 0.1) is 6.42 Å². The highest BCUT2D eigenvalue weighted by atomic mass is 16.6. The smallest absolute Gasteiger partial charge is 0.225 e. The minimum absolute atomic E-state index is 0.0162. The normalized spacial score (nSPS) is 19.1. The molecule has 1 N–H and O–H groups in total. The summed E-state index contributed by atoms with van der Waals surface area (Å²) < 4.78 is 11.1. The number of nitrogens with zero attached hydrogens (tertiary/aromatic N) is 3. The van der Waals surface area contributed by atoms with Crippen LogP contribution >= 0.6 is 0 Å². The van der Waals surface area contributed by atoms with Crippen LogP contribution in [0, 0.1) is 0 Å². The molecular weight excluding hydrogens is 332 g/mol. The van der Waals surface area contributed by atoms with Crippen molar-refractivity contribution in [1.29, 1.82) is 0 Å². The summed E-state index contributed by atoms with van der Waals surface area (Å²) in [4.78, 5) is 23.2. The van der Waals surface area contributed by atoms with Crippen LogP contribution in [0.3, 0.4) is 0 Å². The maximum absolute atomic E-state index is 12.5. The first kappa shape index (κ1) is 16.6. The van der Waals surface area contributed by atoms with E-state index in [1.54, 1.807) is 18.5 Å². The van der Waals surface area contributed by atoms with Gasteiger partial charge in [0, 0.05) is 31.5 Å². The molecule has 0 aliphatic carbocycles. The number of hydrogen-bond acceptors (Lipinski definition) is 6. The number of fused-ring (bicyclic) bond motifs is 1. The first-order valence-corrected chi connectivity index (χ1v) is 8.98. The lowest BCUT2D eigenvalue weighted by Crippen LogP contribution is -2.48. The lowest BCUT2D eigenvalue weighted by atomic mass is 10.0. The lowest BCUT2D eigenvalue weighted by molar-refractivity contribution is -0.121. The van der Waals surface area contributed by atoms with Crippen molar-refractivity contribution in [3.05, 3.63) is 42.2 Å². The average molecular weight is 354 g/mol. The first-order valence-electron chi connectivity index (χ1n) is 8.98. The minimum Gasteiger partial charge on any atom is -0.486 e. The molecule has 2 aliphatic heterocycles. The summed E-state index contributed by atoms with van der Waals surface area (Å²) in [5.41, 5.74) is 0.922. The lowest BCUT2D eigenvalue weighted by Gasteiger charge is -2.33. The van der Waals surface area contributed by atoms with Gasteiger partial charge in [0.2, 0.25) is 11.9 Å². The molecule has 0 spiro atoms. The Labute approximate surface area is 152 Å². The van der Waals surface area contributed by atoms with Gasteiger partial charge in [-0.15, -0.1) is 0 Å². The van der Waals surface area contributed by atoms with Gasteiger partial charge in [-0.1, -0.05) is 6.07 Å². The second kappa shape index (κ2) is 7.59. The number of rotatable bonds is 4. The summed E-state index contributed by atoms with van der Waals surface area (Å²) in [6.45, 7) is 2.76. The molecule has 7 nitrogen and oxygen atoms in total. The van der Waals surface area contributed by atoms with Crippen LogP contribution < -0.4 is 19.7 Å². The first-order chi connectivity index (χ1) is 12.8. The van der Waals surface area contributed by atoms with E-state index in [9.17, 15) is 4.79 Å². The third kappa shape index (κ3) is 3.87. The number of hydrogen-bond donors (Lipinski definition) is 1. The largest absolute Gasteiger partial charge is 0.486 e. The van der Waals surface area contributed by atoms with Crippen molar-refractivity contribution in [1.82, 2.24) is 15.3 Å². The number of carbonyl (C=O) groups excluding carboxylic acids is 1. The SMILES string of the molecule is O=C(Cc1ccc2c(c1)OCCO2)NC1CCCN(c2ncccn2)C1. The Hall–Kier alpha value is -2.83. The molecule has 7 heteroatoms. The Bertz CT molecular complexity index is 769. The van der Waals surface area contributed by atoms with Gasteiger partial charge in [-0.3, -0.25) is 4.79 Å². The second-order valence-electron chi connectivity index (χ2n) is 6.56. The Kier molecular flexibility index (Phi) is 4.86. The van der Waals surface area contributed by atoms with Crippen LogP contribution in [0.25, 0.3) is 0 Å². The number of amides is 1. The molecule has 0 bridgehead atoms. The third-order valence-electron chi connectivity index (χ3n) is 4.59. The number of ether oxygens (including phenoxy) is 2. The Morgan fingerprint density at radius 1 is 1.19 bits per heavy atom. The van der Waals surface area contributed by atoms with Gasteiger partial charge in [0.15, 0.2) is 11.5 Å². The van der Waals surface area contributed by atoms with Gasteiger partial charge in [-0.25, -0.2) is 9.97 Å². The quantitative estimate of drug-likeness (QED) is 0.898. The third-order valence-corrected chi connectivity index (χ3v) is 4.59. The predicted molar refractivity (Wildman–Crippen MR) is 96.5 cm³/mol. The molecule has 1 fully saturated rings. The fraction of sp³-hybridized carbons (Fsp3) is 0.421. The fourth-order valence-corrected chi connectivity index (χ4v) is 3.39. The van der Waals surface area contributed by atoms with Crippen molar-refractivity contribution in [2.75, 3.05) is 31.2 Å². The summed E-state index contributed by atoms with van der Waals surface area (Å²) in [5.74, 6) is 2.19. The van der Waals surface area contributed by atoms with Gasteiger partial charge < -0.3 is 19.7 Å². The summed E-state index contributed by atoms with van der Waals surface area (Å²) in [7, 11) is 0. The molecule has 1 aromatic heterocycles. The van der Waals surface area contributed by atoms with Crippen LogP contribution in [0.5, 0.6) is 11.5 Å². The van der Waals surface area contributed by atoms with Crippen LogP contribution in [-0.4, -0.2) is 48.2 Å². The van der Waals surface area contributed by atoms with E-state index in [-0.39, 0.29) is 11.9 Å². The number of nitrogens with one attached hydrogen (secondary N) is 1. The Morgan fingerprint density at radius 2 is 2.00 bits per heavy atom. The van der Waals surface area contributed by atoms with Crippen LogP contribution in [0.15, 0.2) is 36.7 Å². The molecule has 1 aromatic carbocycles. The Morgan fingerprint density at radius 3 is 2.85 bits per heavy atom. The highest BCUT2D eigenvalue weighted by molar-refractivity contribution is 5.79. The molecule has 2 aliphatic rings. The van der Waals surface area contributed by atoms with Gasteiger partial charge >= 0.3 is 0 Å². The molecule has 26 heavy (non-hydrogen) atoms. The summed E-state index contributed by atoms with van der Waals surface area (Å²) in [5, 5.41) is 3.14. The molecule has 0 radical (unpaired) electrons. The monoisotopic (exact) mass is 354 g/mol. The van der Waals surface area contributed by atoms with Crippen molar-refractivity contribution >= 4 is 11.9 Å². The van der Waals surface area contributed by atoms with E-state index in [0.29, 0.717) is 25.4 Å². The molecule has 4 rings (SSSR count). The highest BCUT2D eigenvalue weighted by Gasteiger charge is 2.23. The van der Waals surface area contributed by atoms with Crippen molar-refractivity contribution in [3.63, 3.8) is 0 Å². The van der Waals surface area contributed by atoms with Gasteiger partial charge in [-0.2, -0.15) is 0 Å². The molecule has 1 atom stereocenters. The molecule has 1 amide bonds. The van der Waals surface area contributed by atoms with E-state index in [1.807, 2.05) is 18.2 Å². The minimum atomic E-state index is 0.0162. The van der Waals surface area contributed by atoms with E-state index in [0.717, 1.165) is 43.2 Å². The predicted octanol–water partition coefficient (Wildman–Crippen LogP) is 1.58. The molecule has 1 unspecified atom stereocenters. The zero-order valence-electron chi connectivity index (χ0n) is 14.6. The summed E-state index contributed by atoms with van der Waals surface area (Å²) >= 11 is 0. The summed E-state index contributed by atoms with van der Waals surface area (Å²) in [6.07, 6.45) is 5.79. The maximum Gasteiger partial charge on any atom is 0.225 e. The Balaban J connectivity index is 1.34. The van der Waals surface area contributed by atoms with Crippen molar-refractivity contribution in [2.45, 2.75) is 25.3 Å². The summed E-state index contributed by atoms with van der Waals surface area (Å²) in [6, 6.07) is 7.58. The number of piperidine rings is 1. The van der Waals surface area contributed by atoms with Crippen molar-refractivity contribution < 1.29 is 14.3 Å². The van der Waals surface area contributed by atoms with E-state index in [4.69, 9.17) is 9.47 Å². The topological polar surface area (TPSA) is 76.6 Å². The molecular formula is C19H22N4O3. The molecule has 3 heterocycles. The van der Waals surface area contributed by atoms with Crippen LogP contribution in [-0.2, 0) is 11.2 Å². The standard InChI is InChI=1S/C19H22N4O3/c24-18(12-14-4-5-16-17(11-14)26-10-9-25-16)22-15-3-1-8-23(13-15)19-20-6-2-7-21-19/h2,4-7,11,15H,1,3,8-10,12-13H2,(H,22,24). The van der Waals surface area contributed by atoms with E-state index < -0.39 is 0 Å². The van der Waals surface area contributed by atoms with Gasteiger partial charge in [0.1, 0.15) is 13.2 Å². The van der Waals surface area contributed by atoms with E-state index in [1.165, 1.54) is 0 Å². The number of carbonyl (C=O) groups is 1. The zero-order valence-corrected chi connectivity index (χ0v) is 14.6. The number of benzene rings is 1. The highest BCUT2D eigenvalue weighted by Crippen LogP contribution is 2.30. The van der Waals surface area contributed by atoms with Crippen LogP contribution in [0.2, 0.25) is 0 Å². The molecule has 0 saturated carbocycles. The number of anilines is 1. The maximum atomic E-state index is 12.5. The molecule has 1 saturated heterocycles. The number of aromatic nitrogens is 2. The van der Waals surface area contributed by atoms with Crippen molar-refractivity contribution in [3.8, 4) is 11.5 Å². The van der Waals surface area contributed by atoms with E-state index in [2.05, 4.69) is 20.2 Å². The van der Waals surface area contributed by atoms with Crippen LogP contribution in [0.4, 0.5) is 5.95 Å². The molecule has 2 aromatic rings. The fourth-order valence-electron chi connectivity index (χ4n) is 3.39.